The molecule has 0 spiro atoms. The molecular formula is C20H22O6. The van der Waals surface area contributed by atoms with Crippen LogP contribution in [0, 0.1) is 0 Å². The number of rotatable bonds is 4. The molecule has 4 rings (SSSR count). The van der Waals surface area contributed by atoms with Crippen molar-refractivity contribution < 1.29 is 29.2 Å². The molecule has 0 saturated carbocycles. The number of hydrogen-bond acceptors (Lipinski definition) is 6. The molecule has 2 fully saturated rings. The number of aliphatic hydroxyl groups excluding tert-OH is 2. The van der Waals surface area contributed by atoms with Gasteiger partial charge in [0.25, 0.3) is 0 Å². The number of hydrogen-bond donors (Lipinski definition) is 2. The van der Waals surface area contributed by atoms with Gasteiger partial charge in [-0.25, -0.2) is 0 Å². The largest absolute Gasteiger partial charge is 0.388 e. The fourth-order valence-corrected chi connectivity index (χ4v) is 3.24. The highest BCUT2D eigenvalue weighted by molar-refractivity contribution is 5.17. The normalized spacial score (nSPS) is 33.1. The molecular weight excluding hydrogens is 336 g/mol. The third-order valence-electron chi connectivity index (χ3n) is 4.65. The molecule has 6 nitrogen and oxygen atoms in total. The molecule has 0 bridgehead atoms. The zero-order chi connectivity index (χ0) is 17.9. The predicted octanol–water partition coefficient (Wildman–Crippen LogP) is 1.94. The smallest absolute Gasteiger partial charge is 0.184 e. The minimum Gasteiger partial charge on any atom is -0.388 e. The Kier molecular flexibility index (Phi) is 5.31. The van der Waals surface area contributed by atoms with Crippen LogP contribution in [-0.4, -0.2) is 47.8 Å². The monoisotopic (exact) mass is 358 g/mol. The third-order valence-corrected chi connectivity index (χ3v) is 4.65. The number of aliphatic hydroxyl groups is 2. The van der Waals surface area contributed by atoms with Gasteiger partial charge in [0, 0.05) is 11.1 Å². The highest BCUT2D eigenvalue weighted by Gasteiger charge is 2.43. The van der Waals surface area contributed by atoms with Gasteiger partial charge < -0.3 is 29.2 Å². The third kappa shape index (κ3) is 3.66. The van der Waals surface area contributed by atoms with Crippen LogP contribution >= 0.6 is 0 Å². The molecule has 2 aliphatic rings. The molecule has 6 atom stereocenters. The topological polar surface area (TPSA) is 77.4 Å². The molecule has 2 saturated heterocycles. The van der Waals surface area contributed by atoms with E-state index < -0.39 is 37.0 Å². The molecule has 0 amide bonds. The second-order valence-corrected chi connectivity index (χ2v) is 6.49. The molecule has 2 aromatic rings. The van der Waals surface area contributed by atoms with E-state index in [1.54, 1.807) is 0 Å². The van der Waals surface area contributed by atoms with Gasteiger partial charge in [0.15, 0.2) is 12.6 Å². The first kappa shape index (κ1) is 17.6. The van der Waals surface area contributed by atoms with E-state index in [4.69, 9.17) is 18.9 Å². The maximum Gasteiger partial charge on any atom is 0.184 e. The van der Waals surface area contributed by atoms with Crippen molar-refractivity contribution in [2.75, 3.05) is 13.2 Å². The summed E-state index contributed by atoms with van der Waals surface area (Å²) < 4.78 is 22.9. The summed E-state index contributed by atoms with van der Waals surface area (Å²) in [7, 11) is 0. The maximum atomic E-state index is 10.7. The van der Waals surface area contributed by atoms with E-state index >= 15 is 0 Å². The Balaban J connectivity index is 1.42. The quantitative estimate of drug-likeness (QED) is 0.870. The fraction of sp³-hybridized carbons (Fsp3) is 0.400. The van der Waals surface area contributed by atoms with Gasteiger partial charge in [-0.2, -0.15) is 0 Å². The zero-order valence-corrected chi connectivity index (χ0v) is 14.2. The standard InChI is InChI=1S/C20H22O6/c21-15-11-23-20(14-9-5-2-6-10-14)26-18(15)17(22)16-12-24-19(25-16)13-7-3-1-4-8-13/h1-10,15-22H,11-12H2/t15-,16+,17-,18-,19?,20?/m0/s1. The molecule has 2 N–H and O–H groups in total. The van der Waals surface area contributed by atoms with Crippen molar-refractivity contribution in [1.29, 1.82) is 0 Å². The Hall–Kier alpha value is -1.80. The van der Waals surface area contributed by atoms with Gasteiger partial charge >= 0.3 is 0 Å². The summed E-state index contributed by atoms with van der Waals surface area (Å²) in [6.45, 7) is 0.307. The minimum absolute atomic E-state index is 0.0803. The van der Waals surface area contributed by atoms with Crippen LogP contribution in [0.4, 0.5) is 0 Å². The lowest BCUT2D eigenvalue weighted by Gasteiger charge is -2.37. The van der Waals surface area contributed by atoms with Crippen molar-refractivity contribution in [3.8, 4) is 0 Å². The molecule has 0 aromatic heterocycles. The van der Waals surface area contributed by atoms with E-state index in [0.717, 1.165) is 11.1 Å². The van der Waals surface area contributed by atoms with E-state index in [1.165, 1.54) is 0 Å². The maximum absolute atomic E-state index is 10.7. The van der Waals surface area contributed by atoms with Gasteiger partial charge in [-0.3, -0.25) is 0 Å². The van der Waals surface area contributed by atoms with E-state index in [0.29, 0.717) is 0 Å². The first-order valence-electron chi connectivity index (χ1n) is 8.72. The van der Waals surface area contributed by atoms with Crippen LogP contribution in [0.15, 0.2) is 60.7 Å². The van der Waals surface area contributed by atoms with Crippen molar-refractivity contribution in [3.63, 3.8) is 0 Å². The van der Waals surface area contributed by atoms with Crippen molar-refractivity contribution in [1.82, 2.24) is 0 Å². The summed E-state index contributed by atoms with van der Waals surface area (Å²) in [5, 5.41) is 21.0. The fourth-order valence-electron chi connectivity index (χ4n) is 3.24. The van der Waals surface area contributed by atoms with E-state index in [1.807, 2.05) is 60.7 Å². The van der Waals surface area contributed by atoms with Crippen LogP contribution < -0.4 is 0 Å². The van der Waals surface area contributed by atoms with Crippen LogP contribution in [0.3, 0.4) is 0 Å². The first-order valence-corrected chi connectivity index (χ1v) is 8.72. The molecule has 2 heterocycles. The summed E-state index contributed by atoms with van der Waals surface area (Å²) in [5.74, 6) is 0. The molecule has 2 unspecified atom stereocenters. The van der Waals surface area contributed by atoms with Gasteiger partial charge in [-0.1, -0.05) is 60.7 Å². The van der Waals surface area contributed by atoms with Crippen molar-refractivity contribution in [2.45, 2.75) is 37.0 Å². The highest BCUT2D eigenvalue weighted by atomic mass is 16.7. The van der Waals surface area contributed by atoms with Crippen molar-refractivity contribution in [2.24, 2.45) is 0 Å². The average molecular weight is 358 g/mol. The van der Waals surface area contributed by atoms with Crippen LogP contribution in [0.25, 0.3) is 0 Å². The number of ether oxygens (including phenoxy) is 4. The lowest BCUT2D eigenvalue weighted by molar-refractivity contribution is -0.283. The SMILES string of the molecule is O[C@H]([C@H]1OC(c2ccccc2)OC[C@@H]1O)[C@H]1COC(c2ccccc2)O1. The van der Waals surface area contributed by atoms with Crippen molar-refractivity contribution >= 4 is 0 Å². The zero-order valence-electron chi connectivity index (χ0n) is 14.2. The molecule has 2 aromatic carbocycles. The van der Waals surface area contributed by atoms with Crippen LogP contribution in [0.5, 0.6) is 0 Å². The Morgan fingerprint density at radius 3 is 1.92 bits per heavy atom. The minimum atomic E-state index is -1.03. The van der Waals surface area contributed by atoms with Crippen molar-refractivity contribution in [3.05, 3.63) is 71.8 Å². The Labute approximate surface area is 151 Å². The Bertz CT molecular complexity index is 694. The van der Waals surface area contributed by atoms with Gasteiger partial charge in [-0.05, 0) is 0 Å². The number of benzene rings is 2. The highest BCUT2D eigenvalue weighted by Crippen LogP contribution is 2.33. The lowest BCUT2D eigenvalue weighted by atomic mass is 10.0. The average Bonchev–Trinajstić information content (AvgIpc) is 3.19. The molecule has 0 aliphatic carbocycles. The second kappa shape index (κ2) is 7.84. The Morgan fingerprint density at radius 1 is 0.769 bits per heavy atom. The van der Waals surface area contributed by atoms with Crippen LogP contribution in [0.1, 0.15) is 23.7 Å². The summed E-state index contributed by atoms with van der Waals surface area (Å²) in [4.78, 5) is 0. The second-order valence-electron chi connectivity index (χ2n) is 6.49. The van der Waals surface area contributed by atoms with Gasteiger partial charge in [-0.15, -0.1) is 0 Å². The van der Waals surface area contributed by atoms with Gasteiger partial charge in [0.05, 0.1) is 13.2 Å². The van der Waals surface area contributed by atoms with Gasteiger partial charge in [0.1, 0.15) is 24.4 Å². The summed E-state index contributed by atoms with van der Waals surface area (Å²) in [5.41, 5.74) is 1.72. The van der Waals surface area contributed by atoms with E-state index in [9.17, 15) is 10.2 Å². The molecule has 26 heavy (non-hydrogen) atoms. The van der Waals surface area contributed by atoms with Crippen LogP contribution in [-0.2, 0) is 18.9 Å². The van der Waals surface area contributed by atoms with Gasteiger partial charge in [0.2, 0.25) is 0 Å². The summed E-state index contributed by atoms with van der Waals surface area (Å²) in [6.07, 6.45) is -4.55. The van der Waals surface area contributed by atoms with Crippen LogP contribution in [0.2, 0.25) is 0 Å². The molecule has 2 aliphatic heterocycles. The van der Waals surface area contributed by atoms with E-state index in [-0.39, 0.29) is 13.2 Å². The predicted molar refractivity (Wildman–Crippen MR) is 92.0 cm³/mol. The lowest BCUT2D eigenvalue weighted by Crippen LogP contribution is -2.52. The molecule has 138 valence electrons. The first-order chi connectivity index (χ1) is 12.7. The summed E-state index contributed by atoms with van der Waals surface area (Å²) in [6, 6.07) is 19.0. The summed E-state index contributed by atoms with van der Waals surface area (Å²) >= 11 is 0. The Morgan fingerprint density at radius 2 is 1.31 bits per heavy atom. The molecule has 0 radical (unpaired) electrons. The molecule has 6 heteroatoms. The van der Waals surface area contributed by atoms with E-state index in [2.05, 4.69) is 0 Å².